The number of rotatable bonds is 5. The molecule has 120 valence electrons. The Labute approximate surface area is 143 Å². The van der Waals surface area contributed by atoms with E-state index in [-0.39, 0.29) is 30.7 Å². The van der Waals surface area contributed by atoms with E-state index in [0.29, 0.717) is 13.0 Å². The highest BCUT2D eigenvalue weighted by molar-refractivity contribution is 5.87. The molecule has 6 heteroatoms. The quantitative estimate of drug-likeness (QED) is 0.877. The summed E-state index contributed by atoms with van der Waals surface area (Å²) >= 11 is 0. The Morgan fingerprint density at radius 1 is 1.14 bits per heavy atom. The molecule has 0 aliphatic rings. The minimum absolute atomic E-state index is 0. The molecule has 3 N–H and O–H groups in total. The Morgan fingerprint density at radius 3 is 2.36 bits per heavy atom. The number of aromatic nitrogens is 1. The number of amides is 1. The minimum atomic E-state index is -1.02. The summed E-state index contributed by atoms with van der Waals surface area (Å²) in [7, 11) is 0. The van der Waals surface area contributed by atoms with Crippen LogP contribution in [0.25, 0.3) is 0 Å². The second-order valence-corrected chi connectivity index (χ2v) is 4.90. The zero-order valence-corrected chi connectivity index (χ0v) is 14.0. The average Bonchev–Trinajstić information content (AvgIpc) is 2.49. The molecule has 1 unspecified atom stereocenters. The van der Waals surface area contributed by atoms with Gasteiger partial charge in [0, 0.05) is 24.9 Å². The lowest BCUT2D eigenvalue weighted by atomic mass is 9.92. The number of nitrogens with two attached hydrogens (primary N) is 1. The van der Waals surface area contributed by atoms with Gasteiger partial charge in [0.15, 0.2) is 0 Å². The number of nitrogens with one attached hydrogen (secondary N) is 1. The van der Waals surface area contributed by atoms with E-state index < -0.39 is 5.54 Å². The Bertz CT molecular complexity index is 562. The van der Waals surface area contributed by atoms with Crippen molar-refractivity contribution in [2.24, 2.45) is 5.73 Å². The van der Waals surface area contributed by atoms with Gasteiger partial charge in [-0.2, -0.15) is 0 Å². The predicted octanol–water partition coefficient (Wildman–Crippen LogP) is 2.46. The fourth-order valence-corrected chi connectivity index (χ4v) is 1.95. The SMILES string of the molecule is CC(N)(C(=O)NCCc1ccccn1)c1ccccc1.Cl.Cl. The highest BCUT2D eigenvalue weighted by atomic mass is 35.5. The normalized spacial score (nSPS) is 12.3. The molecule has 0 saturated carbocycles. The molecule has 0 bridgehead atoms. The van der Waals surface area contributed by atoms with Gasteiger partial charge in [-0.15, -0.1) is 24.8 Å². The van der Waals surface area contributed by atoms with Gasteiger partial charge in [0.05, 0.1) is 0 Å². The minimum Gasteiger partial charge on any atom is -0.354 e. The van der Waals surface area contributed by atoms with Crippen LogP contribution in [0.5, 0.6) is 0 Å². The van der Waals surface area contributed by atoms with Gasteiger partial charge in [0.25, 0.3) is 0 Å². The summed E-state index contributed by atoms with van der Waals surface area (Å²) in [6.45, 7) is 2.24. The second-order valence-electron chi connectivity index (χ2n) is 4.90. The monoisotopic (exact) mass is 341 g/mol. The van der Waals surface area contributed by atoms with Gasteiger partial charge in [0.2, 0.25) is 5.91 Å². The summed E-state index contributed by atoms with van der Waals surface area (Å²) in [6.07, 6.45) is 2.44. The predicted molar refractivity (Wildman–Crippen MR) is 93.4 cm³/mol. The van der Waals surface area contributed by atoms with E-state index in [1.807, 2.05) is 48.5 Å². The van der Waals surface area contributed by atoms with Crippen molar-refractivity contribution in [3.63, 3.8) is 0 Å². The van der Waals surface area contributed by atoms with Crippen LogP contribution in [0.1, 0.15) is 18.2 Å². The number of halogens is 2. The van der Waals surface area contributed by atoms with Crippen LogP contribution in [0.15, 0.2) is 54.7 Å². The Hall–Kier alpha value is -1.62. The highest BCUT2D eigenvalue weighted by Crippen LogP contribution is 2.17. The van der Waals surface area contributed by atoms with Gasteiger partial charge in [-0.3, -0.25) is 9.78 Å². The van der Waals surface area contributed by atoms with Crippen molar-refractivity contribution < 1.29 is 4.79 Å². The third-order valence-corrected chi connectivity index (χ3v) is 3.24. The number of pyridine rings is 1. The first-order valence-corrected chi connectivity index (χ1v) is 6.63. The van der Waals surface area contributed by atoms with Gasteiger partial charge in [-0.1, -0.05) is 36.4 Å². The van der Waals surface area contributed by atoms with Crippen molar-refractivity contribution in [1.29, 1.82) is 0 Å². The summed E-state index contributed by atoms with van der Waals surface area (Å²) in [4.78, 5) is 16.4. The van der Waals surface area contributed by atoms with E-state index in [9.17, 15) is 4.79 Å². The first-order valence-electron chi connectivity index (χ1n) is 6.63. The summed E-state index contributed by atoms with van der Waals surface area (Å²) < 4.78 is 0. The van der Waals surface area contributed by atoms with Gasteiger partial charge >= 0.3 is 0 Å². The smallest absolute Gasteiger partial charge is 0.244 e. The largest absolute Gasteiger partial charge is 0.354 e. The molecule has 2 aromatic rings. The fourth-order valence-electron chi connectivity index (χ4n) is 1.95. The molecule has 1 aromatic heterocycles. The summed E-state index contributed by atoms with van der Waals surface area (Å²) in [5.41, 5.74) is 6.86. The van der Waals surface area contributed by atoms with E-state index >= 15 is 0 Å². The average molecular weight is 342 g/mol. The lowest BCUT2D eigenvalue weighted by Gasteiger charge is -2.24. The molecular weight excluding hydrogens is 321 g/mol. The third-order valence-electron chi connectivity index (χ3n) is 3.24. The first-order chi connectivity index (χ1) is 9.60. The Kier molecular flexibility index (Phi) is 8.72. The van der Waals surface area contributed by atoms with Crippen LogP contribution in [-0.2, 0) is 16.8 Å². The van der Waals surface area contributed by atoms with Crippen molar-refractivity contribution in [2.45, 2.75) is 18.9 Å². The van der Waals surface area contributed by atoms with Crippen molar-refractivity contribution >= 4 is 30.7 Å². The molecule has 0 saturated heterocycles. The summed E-state index contributed by atoms with van der Waals surface area (Å²) in [6, 6.07) is 15.1. The molecule has 1 heterocycles. The maximum atomic E-state index is 12.2. The molecule has 1 aromatic carbocycles. The zero-order chi connectivity index (χ0) is 14.4. The van der Waals surface area contributed by atoms with Crippen molar-refractivity contribution in [1.82, 2.24) is 10.3 Å². The van der Waals surface area contributed by atoms with E-state index in [0.717, 1.165) is 11.3 Å². The molecule has 1 amide bonds. The van der Waals surface area contributed by atoms with Gasteiger partial charge in [0.1, 0.15) is 5.54 Å². The molecule has 22 heavy (non-hydrogen) atoms. The number of hydrogen-bond donors (Lipinski definition) is 2. The van der Waals surface area contributed by atoms with Gasteiger partial charge in [-0.25, -0.2) is 0 Å². The van der Waals surface area contributed by atoms with Gasteiger partial charge < -0.3 is 11.1 Å². The fraction of sp³-hybridized carbons (Fsp3) is 0.250. The van der Waals surface area contributed by atoms with E-state index in [2.05, 4.69) is 10.3 Å². The van der Waals surface area contributed by atoms with Crippen molar-refractivity contribution in [2.75, 3.05) is 6.54 Å². The third kappa shape index (κ3) is 5.30. The topological polar surface area (TPSA) is 68.0 Å². The number of benzene rings is 1. The second kappa shape index (κ2) is 9.41. The van der Waals surface area contributed by atoms with Crippen LogP contribution in [0.2, 0.25) is 0 Å². The molecule has 0 spiro atoms. The Balaban J connectivity index is 0.00000220. The first kappa shape index (κ1) is 20.4. The molecule has 0 aliphatic heterocycles. The maximum Gasteiger partial charge on any atom is 0.244 e. The van der Waals surface area contributed by atoms with Crippen LogP contribution >= 0.6 is 24.8 Å². The lowest BCUT2D eigenvalue weighted by Crippen LogP contribution is -2.49. The summed E-state index contributed by atoms with van der Waals surface area (Å²) in [5.74, 6) is -0.181. The van der Waals surface area contributed by atoms with Crippen LogP contribution < -0.4 is 11.1 Å². The van der Waals surface area contributed by atoms with E-state index in [4.69, 9.17) is 5.73 Å². The number of carbonyl (C=O) groups is 1. The molecule has 0 radical (unpaired) electrons. The van der Waals surface area contributed by atoms with Crippen LogP contribution in [0.3, 0.4) is 0 Å². The maximum absolute atomic E-state index is 12.2. The molecule has 0 aliphatic carbocycles. The molecule has 4 nitrogen and oxygen atoms in total. The number of hydrogen-bond acceptors (Lipinski definition) is 3. The molecular formula is C16H21Cl2N3O. The highest BCUT2D eigenvalue weighted by Gasteiger charge is 2.29. The molecule has 0 fully saturated rings. The van der Waals surface area contributed by atoms with E-state index in [1.54, 1.807) is 13.1 Å². The Morgan fingerprint density at radius 2 is 1.77 bits per heavy atom. The zero-order valence-electron chi connectivity index (χ0n) is 12.4. The van der Waals surface area contributed by atoms with E-state index in [1.165, 1.54) is 0 Å². The van der Waals surface area contributed by atoms with Crippen molar-refractivity contribution in [3.05, 3.63) is 66.0 Å². The van der Waals surface area contributed by atoms with Crippen LogP contribution in [0, 0.1) is 0 Å². The van der Waals surface area contributed by atoms with Gasteiger partial charge in [-0.05, 0) is 24.6 Å². The standard InChI is InChI=1S/C16H19N3O.2ClH/c1-16(17,13-7-3-2-4-8-13)15(20)19-12-10-14-9-5-6-11-18-14;;/h2-9,11H,10,12,17H2,1H3,(H,19,20);2*1H. The molecule has 1 atom stereocenters. The number of nitrogens with zero attached hydrogens (tertiary/aromatic N) is 1. The summed E-state index contributed by atoms with van der Waals surface area (Å²) in [5, 5.41) is 2.87. The van der Waals surface area contributed by atoms with Crippen LogP contribution in [-0.4, -0.2) is 17.4 Å². The van der Waals surface area contributed by atoms with Crippen molar-refractivity contribution in [3.8, 4) is 0 Å². The van der Waals surface area contributed by atoms with Crippen LogP contribution in [0.4, 0.5) is 0 Å². The molecule has 2 rings (SSSR count). The lowest BCUT2D eigenvalue weighted by molar-refractivity contribution is -0.126. The number of carbonyl (C=O) groups excluding carboxylic acids is 1.